The maximum atomic E-state index is 14.5. The van der Waals surface area contributed by atoms with Crippen molar-refractivity contribution in [2.75, 3.05) is 0 Å². The van der Waals surface area contributed by atoms with Crippen LogP contribution in [0.4, 0.5) is 4.39 Å². The second kappa shape index (κ2) is 7.73. The van der Waals surface area contributed by atoms with Gasteiger partial charge in [-0.15, -0.1) is 0 Å². The molecule has 0 radical (unpaired) electrons. The Morgan fingerprint density at radius 2 is 1.36 bits per heavy atom. The minimum Gasteiger partial charge on any atom is -0.505 e. The van der Waals surface area contributed by atoms with E-state index in [4.69, 9.17) is 0 Å². The van der Waals surface area contributed by atoms with Gasteiger partial charge < -0.3 is 5.11 Å². The molecule has 1 aromatic rings. The van der Waals surface area contributed by atoms with Gasteiger partial charge in [0.25, 0.3) is 0 Å². The third kappa shape index (κ3) is 3.29. The minimum absolute atomic E-state index is 0.217. The number of aromatic hydroxyl groups is 1. The molecule has 4 amide bonds. The largest absolute Gasteiger partial charge is 0.505 e. The summed E-state index contributed by atoms with van der Waals surface area (Å²) < 4.78 is 14.5. The first-order valence-electron chi connectivity index (χ1n) is 12.6. The Bertz CT molecular complexity index is 1220. The monoisotopic (exact) mass is 496 g/mol. The number of carbonyl (C=O) groups is 4. The van der Waals surface area contributed by atoms with Crippen molar-refractivity contribution in [3.8, 4) is 5.75 Å². The number of phenolic OH excluding ortho intramolecular Hbond substituents is 1. The SMILES string of the molecule is CC(C)(C)N1C(=O)[C@H]2[C@H](CC=C3[C@H]2C[C@H]2C(=O)N(C(C)(C)C)C(=O)[C@H]2[C@H]3c2cccc(F)c2O)C1=O. The van der Waals surface area contributed by atoms with Crippen LogP contribution in [0.15, 0.2) is 29.8 Å². The van der Waals surface area contributed by atoms with Gasteiger partial charge in [0.2, 0.25) is 23.6 Å². The van der Waals surface area contributed by atoms with Gasteiger partial charge in [-0.3, -0.25) is 29.0 Å². The topological polar surface area (TPSA) is 95.0 Å². The Kier molecular flexibility index (Phi) is 5.30. The summed E-state index contributed by atoms with van der Waals surface area (Å²) in [6.45, 7) is 10.8. The fourth-order valence-electron chi connectivity index (χ4n) is 7.04. The number of hydrogen-bond acceptors (Lipinski definition) is 5. The number of fused-ring (bicyclic) bond motifs is 4. The van der Waals surface area contributed by atoms with Crippen LogP contribution in [0.1, 0.15) is 65.9 Å². The van der Waals surface area contributed by atoms with E-state index in [1.165, 1.54) is 15.9 Å². The molecule has 2 saturated heterocycles. The van der Waals surface area contributed by atoms with Crippen molar-refractivity contribution in [1.82, 2.24) is 9.80 Å². The van der Waals surface area contributed by atoms with Crippen molar-refractivity contribution in [1.29, 1.82) is 0 Å². The number of rotatable bonds is 1. The van der Waals surface area contributed by atoms with E-state index < -0.39 is 58.2 Å². The number of nitrogens with zero attached hydrogens (tertiary/aromatic N) is 2. The molecule has 2 heterocycles. The summed E-state index contributed by atoms with van der Waals surface area (Å²) in [5.74, 6) is -6.45. The second-order valence-corrected chi connectivity index (χ2v) is 12.6. The fraction of sp³-hybridized carbons (Fsp3) is 0.571. The number of para-hydroxylation sites is 1. The Morgan fingerprint density at radius 1 is 0.806 bits per heavy atom. The van der Waals surface area contributed by atoms with Crippen LogP contribution in [-0.2, 0) is 19.2 Å². The molecule has 3 fully saturated rings. The third-order valence-electron chi connectivity index (χ3n) is 8.34. The number of amides is 4. The van der Waals surface area contributed by atoms with Crippen molar-refractivity contribution in [2.45, 2.75) is 71.4 Å². The number of benzene rings is 1. The maximum absolute atomic E-state index is 14.5. The lowest BCUT2D eigenvalue weighted by atomic mass is 9.57. The smallest absolute Gasteiger partial charge is 0.234 e. The van der Waals surface area contributed by atoms with E-state index in [0.29, 0.717) is 6.42 Å². The number of allylic oxidation sites excluding steroid dienone is 2. The molecule has 0 aromatic heterocycles. The second-order valence-electron chi connectivity index (χ2n) is 12.6. The zero-order valence-corrected chi connectivity index (χ0v) is 21.5. The third-order valence-corrected chi connectivity index (χ3v) is 8.34. The number of carbonyl (C=O) groups excluding carboxylic acids is 4. The van der Waals surface area contributed by atoms with Crippen LogP contribution in [0.25, 0.3) is 0 Å². The van der Waals surface area contributed by atoms with Gasteiger partial charge in [0.1, 0.15) is 0 Å². The van der Waals surface area contributed by atoms with Crippen LogP contribution in [0, 0.1) is 35.4 Å². The van der Waals surface area contributed by atoms with Crippen molar-refractivity contribution in [2.24, 2.45) is 29.6 Å². The zero-order valence-electron chi connectivity index (χ0n) is 21.5. The Labute approximate surface area is 210 Å². The van der Waals surface area contributed by atoms with Gasteiger partial charge in [-0.1, -0.05) is 23.8 Å². The predicted molar refractivity (Wildman–Crippen MR) is 129 cm³/mol. The number of likely N-dealkylation sites (tertiary alicyclic amines) is 2. The summed E-state index contributed by atoms with van der Waals surface area (Å²) >= 11 is 0. The molecule has 0 spiro atoms. The Balaban J connectivity index is 1.68. The zero-order chi connectivity index (χ0) is 26.5. The molecule has 192 valence electrons. The lowest BCUT2D eigenvalue weighted by Gasteiger charge is -2.44. The van der Waals surface area contributed by atoms with Crippen LogP contribution in [0.2, 0.25) is 0 Å². The molecule has 2 aliphatic carbocycles. The molecular formula is C28H33FN2O5. The standard InChI is InChI=1S/C28H33FN2O5/c1-27(2,3)30-23(33)15-11-10-13-16(20(15)25(30)35)12-17-21(26(36)31(24(17)34)28(4,5)6)19(13)14-8-7-9-18(29)22(14)32/h7-10,15-17,19-21,32H,11-12H2,1-6H3/t15-,16+,17+,19+,20-,21+/m0/s1. The van der Waals surface area contributed by atoms with E-state index in [2.05, 4.69) is 0 Å². The predicted octanol–water partition coefficient (Wildman–Crippen LogP) is 3.76. The highest BCUT2D eigenvalue weighted by atomic mass is 19.1. The Hall–Kier alpha value is -3.03. The van der Waals surface area contributed by atoms with Crippen LogP contribution in [0.3, 0.4) is 0 Å². The lowest BCUT2D eigenvalue weighted by Crippen LogP contribution is -2.47. The molecule has 1 aromatic carbocycles. The highest BCUT2D eigenvalue weighted by molar-refractivity contribution is 6.08. The summed E-state index contributed by atoms with van der Waals surface area (Å²) in [6, 6.07) is 4.20. The molecule has 1 N–H and O–H groups in total. The fourth-order valence-corrected chi connectivity index (χ4v) is 7.04. The van der Waals surface area contributed by atoms with Gasteiger partial charge in [0, 0.05) is 22.6 Å². The average molecular weight is 497 g/mol. The molecule has 5 rings (SSSR count). The molecule has 7 nitrogen and oxygen atoms in total. The molecule has 1 saturated carbocycles. The van der Waals surface area contributed by atoms with Gasteiger partial charge in [-0.2, -0.15) is 0 Å². The van der Waals surface area contributed by atoms with E-state index in [1.54, 1.807) is 26.8 Å². The molecule has 2 aliphatic heterocycles. The van der Waals surface area contributed by atoms with Crippen LogP contribution in [-0.4, -0.2) is 49.6 Å². The quantitative estimate of drug-likeness (QED) is 0.472. The van der Waals surface area contributed by atoms with Gasteiger partial charge >= 0.3 is 0 Å². The maximum Gasteiger partial charge on any atom is 0.234 e. The molecule has 4 aliphatic rings. The summed E-state index contributed by atoms with van der Waals surface area (Å²) in [7, 11) is 0. The minimum atomic E-state index is -0.811. The highest BCUT2D eigenvalue weighted by Crippen LogP contribution is 2.59. The van der Waals surface area contributed by atoms with Crippen LogP contribution >= 0.6 is 0 Å². The van der Waals surface area contributed by atoms with E-state index in [0.717, 1.165) is 11.6 Å². The average Bonchev–Trinajstić information content (AvgIpc) is 3.18. The van der Waals surface area contributed by atoms with Gasteiger partial charge in [-0.05, 0) is 66.4 Å². The van der Waals surface area contributed by atoms with Gasteiger partial charge in [-0.25, -0.2) is 4.39 Å². The van der Waals surface area contributed by atoms with Crippen molar-refractivity contribution in [3.63, 3.8) is 0 Å². The van der Waals surface area contributed by atoms with E-state index in [1.807, 2.05) is 26.8 Å². The first kappa shape index (κ1) is 24.7. The lowest BCUT2D eigenvalue weighted by molar-refractivity contribution is -0.147. The summed E-state index contributed by atoms with van der Waals surface area (Å²) in [6.07, 6.45) is 2.48. The van der Waals surface area contributed by atoms with Crippen LogP contribution < -0.4 is 0 Å². The summed E-state index contributed by atoms with van der Waals surface area (Å²) in [4.78, 5) is 57.0. The summed E-state index contributed by atoms with van der Waals surface area (Å²) in [5.41, 5.74) is -0.469. The van der Waals surface area contributed by atoms with Crippen LogP contribution in [0.5, 0.6) is 5.75 Å². The van der Waals surface area contributed by atoms with E-state index in [-0.39, 0.29) is 35.6 Å². The van der Waals surface area contributed by atoms with Crippen molar-refractivity contribution < 1.29 is 28.7 Å². The van der Waals surface area contributed by atoms with Crippen molar-refractivity contribution in [3.05, 3.63) is 41.2 Å². The number of imide groups is 2. The molecular weight excluding hydrogens is 463 g/mol. The van der Waals surface area contributed by atoms with Gasteiger partial charge in [0.15, 0.2) is 11.6 Å². The summed E-state index contributed by atoms with van der Waals surface area (Å²) in [5, 5.41) is 10.7. The van der Waals surface area contributed by atoms with E-state index in [9.17, 15) is 28.7 Å². The Morgan fingerprint density at radius 3 is 1.94 bits per heavy atom. The molecule has 36 heavy (non-hydrogen) atoms. The van der Waals surface area contributed by atoms with Gasteiger partial charge in [0.05, 0.1) is 23.7 Å². The first-order valence-corrected chi connectivity index (χ1v) is 12.6. The first-order chi connectivity index (χ1) is 16.7. The molecule has 0 unspecified atom stereocenters. The molecule has 6 atom stereocenters. The number of halogens is 1. The number of phenols is 1. The normalized spacial score (nSPS) is 32.5. The highest BCUT2D eigenvalue weighted by Gasteiger charge is 2.63. The number of hydrogen-bond donors (Lipinski definition) is 1. The van der Waals surface area contributed by atoms with Crippen molar-refractivity contribution >= 4 is 23.6 Å². The molecule has 8 heteroatoms. The molecule has 0 bridgehead atoms. The van der Waals surface area contributed by atoms with E-state index >= 15 is 0 Å².